The van der Waals surface area contributed by atoms with E-state index in [4.69, 9.17) is 0 Å². The Labute approximate surface area is 198 Å². The fourth-order valence-corrected chi connectivity index (χ4v) is 5.27. The molecule has 0 saturated heterocycles. The van der Waals surface area contributed by atoms with Crippen LogP contribution in [0, 0.1) is 0 Å². The average Bonchev–Trinajstić information content (AvgIpc) is 2.89. The van der Waals surface area contributed by atoms with Gasteiger partial charge in [0.2, 0.25) is 0 Å². The van der Waals surface area contributed by atoms with Crippen LogP contribution >= 0.6 is 0 Å². The molecule has 0 saturated carbocycles. The molecule has 0 fully saturated rings. The van der Waals surface area contributed by atoms with Gasteiger partial charge >= 0.3 is 0 Å². The third kappa shape index (κ3) is 6.14. The number of benzene rings is 3. The van der Waals surface area contributed by atoms with Gasteiger partial charge < -0.3 is 4.48 Å². The van der Waals surface area contributed by atoms with Gasteiger partial charge in [-0.25, -0.2) is 0 Å². The first-order valence-corrected chi connectivity index (χ1v) is 12.8. The zero-order chi connectivity index (χ0) is 23.3. The van der Waals surface area contributed by atoms with Crippen LogP contribution in [0.25, 0.3) is 0 Å². The van der Waals surface area contributed by atoms with E-state index in [0.717, 1.165) is 0 Å². The lowest BCUT2D eigenvalue weighted by molar-refractivity contribution is -0.921. The van der Waals surface area contributed by atoms with Crippen LogP contribution in [0.4, 0.5) is 0 Å². The van der Waals surface area contributed by atoms with Crippen LogP contribution in [0.2, 0.25) is 6.32 Å². The Bertz CT molecular complexity index is 743. The summed E-state index contributed by atoms with van der Waals surface area (Å²) in [5.74, 6) is 0. The first-order valence-electron chi connectivity index (χ1n) is 12.8. The highest BCUT2D eigenvalue weighted by Crippen LogP contribution is 2.16. The SMILES string of the molecule is CCCC[B-](c1ccccc1)(c1ccccc1)c1ccccc1.CC[N+](CC)(CC)CC. The molecule has 0 aromatic heterocycles. The predicted octanol–water partition coefficient (Wildman–Crippen LogP) is 5.84. The minimum Gasteiger partial charge on any atom is -0.325 e. The maximum Gasteiger partial charge on any atom is 0.0814 e. The fraction of sp³-hybridized carbons (Fsp3) is 0.400. The van der Waals surface area contributed by atoms with Crippen LogP contribution in [0.1, 0.15) is 47.5 Å². The maximum atomic E-state index is 2.30. The second kappa shape index (κ2) is 13.3. The van der Waals surface area contributed by atoms with Gasteiger partial charge in [-0.05, 0) is 27.7 Å². The van der Waals surface area contributed by atoms with Crippen molar-refractivity contribution in [2.75, 3.05) is 26.2 Å². The molecule has 0 amide bonds. The normalized spacial score (nSPS) is 11.5. The molecule has 3 rings (SSSR count). The van der Waals surface area contributed by atoms with E-state index in [-0.39, 0.29) is 0 Å². The Morgan fingerprint density at radius 3 is 1.03 bits per heavy atom. The molecule has 0 N–H and O–H groups in total. The molecular formula is C30H44BN. The van der Waals surface area contributed by atoms with E-state index in [0.29, 0.717) is 0 Å². The third-order valence-electron chi connectivity index (χ3n) is 7.78. The highest BCUT2D eigenvalue weighted by atomic mass is 15.3. The summed E-state index contributed by atoms with van der Waals surface area (Å²) in [6.07, 6.45) is 2.73. The Balaban J connectivity index is 0.000000344. The van der Waals surface area contributed by atoms with Crippen molar-refractivity contribution in [1.29, 1.82) is 0 Å². The zero-order valence-corrected chi connectivity index (χ0v) is 21.1. The van der Waals surface area contributed by atoms with Crippen LogP contribution in [0.3, 0.4) is 0 Å². The van der Waals surface area contributed by atoms with Crippen molar-refractivity contribution >= 4 is 22.5 Å². The summed E-state index contributed by atoms with van der Waals surface area (Å²) in [5, 5.41) is 0. The number of nitrogens with zero attached hydrogens (tertiary/aromatic N) is 1. The van der Waals surface area contributed by atoms with Crippen LogP contribution in [0.5, 0.6) is 0 Å². The number of hydrogen-bond donors (Lipinski definition) is 0. The van der Waals surface area contributed by atoms with E-state index in [1.54, 1.807) is 0 Å². The first kappa shape index (κ1) is 25.9. The summed E-state index contributed by atoms with van der Waals surface area (Å²) in [6.45, 7) is 16.5. The van der Waals surface area contributed by atoms with Crippen LogP contribution in [-0.2, 0) is 0 Å². The molecule has 0 bridgehead atoms. The molecule has 2 heteroatoms. The van der Waals surface area contributed by atoms with E-state index < -0.39 is 6.15 Å². The molecule has 0 atom stereocenters. The third-order valence-corrected chi connectivity index (χ3v) is 7.78. The molecule has 3 aromatic carbocycles. The topological polar surface area (TPSA) is 0 Å². The summed E-state index contributed by atoms with van der Waals surface area (Å²) < 4.78 is 1.28. The fourth-order valence-electron chi connectivity index (χ4n) is 5.27. The molecular weight excluding hydrogens is 385 g/mol. The zero-order valence-electron chi connectivity index (χ0n) is 21.1. The van der Waals surface area contributed by atoms with Gasteiger partial charge in [-0.3, -0.25) is 0 Å². The largest absolute Gasteiger partial charge is 0.325 e. The Morgan fingerprint density at radius 1 is 0.500 bits per heavy atom. The van der Waals surface area contributed by atoms with Gasteiger partial charge in [-0.1, -0.05) is 111 Å². The summed E-state index contributed by atoms with van der Waals surface area (Å²) in [6, 6.07) is 33.2. The molecule has 3 aromatic rings. The second-order valence-corrected chi connectivity index (χ2v) is 9.03. The smallest absolute Gasteiger partial charge is 0.0814 e. The van der Waals surface area contributed by atoms with Crippen molar-refractivity contribution < 1.29 is 4.48 Å². The second-order valence-electron chi connectivity index (χ2n) is 9.03. The summed E-state index contributed by atoms with van der Waals surface area (Å²) in [7, 11) is 0. The minimum absolute atomic E-state index is 0.913. The molecule has 0 radical (unpaired) electrons. The number of hydrogen-bond acceptors (Lipinski definition) is 0. The Hall–Kier alpha value is -2.32. The van der Waals surface area contributed by atoms with E-state index in [9.17, 15) is 0 Å². The van der Waals surface area contributed by atoms with E-state index in [1.807, 2.05) is 0 Å². The summed E-state index contributed by atoms with van der Waals surface area (Å²) >= 11 is 0. The molecule has 32 heavy (non-hydrogen) atoms. The van der Waals surface area contributed by atoms with Crippen molar-refractivity contribution in [3.05, 3.63) is 91.0 Å². The van der Waals surface area contributed by atoms with Crippen LogP contribution < -0.4 is 16.4 Å². The first-order chi connectivity index (χ1) is 15.6. The van der Waals surface area contributed by atoms with Gasteiger partial charge in [0.1, 0.15) is 0 Å². The highest BCUT2D eigenvalue weighted by Gasteiger charge is 2.28. The average molecular weight is 430 g/mol. The highest BCUT2D eigenvalue weighted by molar-refractivity contribution is 7.11. The molecule has 172 valence electrons. The monoisotopic (exact) mass is 429 g/mol. The molecule has 0 aliphatic rings. The van der Waals surface area contributed by atoms with Gasteiger partial charge in [-0.15, -0.1) is 0 Å². The molecule has 0 aliphatic heterocycles. The van der Waals surface area contributed by atoms with Crippen LogP contribution in [-0.4, -0.2) is 36.8 Å². The molecule has 0 aliphatic carbocycles. The van der Waals surface area contributed by atoms with Crippen molar-refractivity contribution in [3.63, 3.8) is 0 Å². The quantitative estimate of drug-likeness (QED) is 0.281. The van der Waals surface area contributed by atoms with Crippen molar-refractivity contribution in [3.8, 4) is 0 Å². The number of rotatable bonds is 10. The van der Waals surface area contributed by atoms with Crippen LogP contribution in [0.15, 0.2) is 91.0 Å². The van der Waals surface area contributed by atoms with Crippen molar-refractivity contribution in [1.82, 2.24) is 0 Å². The predicted molar refractivity (Wildman–Crippen MR) is 146 cm³/mol. The summed E-state index contributed by atoms with van der Waals surface area (Å²) in [5.41, 5.74) is 4.33. The van der Waals surface area contributed by atoms with E-state index >= 15 is 0 Å². The number of unbranched alkanes of at least 4 members (excludes halogenated alkanes) is 1. The lowest BCUT2D eigenvalue weighted by Gasteiger charge is -2.43. The van der Waals surface area contributed by atoms with Gasteiger partial charge in [0.05, 0.1) is 32.3 Å². The molecule has 0 unspecified atom stereocenters. The molecule has 1 nitrogen and oxygen atoms in total. The Morgan fingerprint density at radius 2 is 0.812 bits per heavy atom. The van der Waals surface area contributed by atoms with Crippen molar-refractivity contribution in [2.45, 2.75) is 53.8 Å². The Kier molecular flexibility index (Phi) is 10.8. The summed E-state index contributed by atoms with van der Waals surface area (Å²) in [4.78, 5) is 0. The molecule has 0 spiro atoms. The van der Waals surface area contributed by atoms with Gasteiger partial charge in [-0.2, -0.15) is 22.7 Å². The van der Waals surface area contributed by atoms with E-state index in [1.165, 1.54) is 66.2 Å². The van der Waals surface area contributed by atoms with E-state index in [2.05, 4.69) is 126 Å². The van der Waals surface area contributed by atoms with Gasteiger partial charge in [0, 0.05) is 0 Å². The number of quaternary nitrogens is 1. The standard InChI is InChI=1S/C22H24B.C8H20N/c1-2-3-19-23(20-13-7-4-8-14-20,21-15-9-5-10-16-21)22-17-11-6-12-18-22;1-5-9(6-2,7-3)8-4/h4-18H,2-3,19H2,1H3;5-8H2,1-4H3/q-1;+1. The lowest BCUT2D eigenvalue weighted by atomic mass is 9.14. The minimum atomic E-state index is -0.913. The molecule has 0 heterocycles. The van der Waals surface area contributed by atoms with Gasteiger partial charge in [0.15, 0.2) is 0 Å². The maximum absolute atomic E-state index is 2.30. The lowest BCUT2D eigenvalue weighted by Crippen LogP contribution is -2.66. The van der Waals surface area contributed by atoms with Gasteiger partial charge in [0.25, 0.3) is 0 Å². The van der Waals surface area contributed by atoms with Crippen molar-refractivity contribution in [2.24, 2.45) is 0 Å².